The summed E-state index contributed by atoms with van der Waals surface area (Å²) in [4.78, 5) is 34.5. The van der Waals surface area contributed by atoms with Crippen molar-refractivity contribution in [1.29, 1.82) is 5.26 Å². The van der Waals surface area contributed by atoms with Crippen molar-refractivity contribution < 1.29 is 32.2 Å². The molecule has 1 aromatic rings. The van der Waals surface area contributed by atoms with E-state index >= 15 is 0 Å². The lowest BCUT2D eigenvalue weighted by Gasteiger charge is -2.40. The Morgan fingerprint density at radius 1 is 1.26 bits per heavy atom. The highest BCUT2D eigenvalue weighted by molar-refractivity contribution is 5.80. The summed E-state index contributed by atoms with van der Waals surface area (Å²) >= 11 is 0. The first kappa shape index (κ1) is 28.0. The highest BCUT2D eigenvalue weighted by Gasteiger charge is 2.55. The van der Waals surface area contributed by atoms with Crippen LogP contribution in [0.25, 0.3) is 0 Å². The molecule has 0 bridgehead atoms. The molecule has 11 nitrogen and oxygen atoms in total. The number of hydrogen-bond acceptors (Lipinski definition) is 9. The van der Waals surface area contributed by atoms with Crippen molar-refractivity contribution in [2.45, 2.75) is 37.2 Å². The Bertz CT molecular complexity index is 1010. The number of nitrogens with zero attached hydrogens (tertiary/aromatic N) is 5. The molecule has 14 heteroatoms. The zero-order valence-corrected chi connectivity index (χ0v) is 21.1. The average Bonchev–Trinajstić information content (AvgIpc) is 3.33. The van der Waals surface area contributed by atoms with Crippen molar-refractivity contribution in [2.24, 2.45) is 5.92 Å². The van der Waals surface area contributed by atoms with Crippen LogP contribution in [0, 0.1) is 17.2 Å². The van der Waals surface area contributed by atoms with E-state index in [0.717, 1.165) is 5.82 Å². The molecule has 3 aliphatic heterocycles. The number of aromatic nitrogens is 1. The van der Waals surface area contributed by atoms with Gasteiger partial charge in [-0.05, 0) is 18.6 Å². The van der Waals surface area contributed by atoms with Gasteiger partial charge in [0, 0.05) is 64.7 Å². The van der Waals surface area contributed by atoms with E-state index in [1.165, 1.54) is 13.3 Å². The SMILES string of the molecule is CO[C@H]1C[C@@H](COCCC(=O)N2CCN(c3ccc(C#N)cn3)CC2)N(C2CNNC(=O)C2C(F)(F)F)C1. The van der Waals surface area contributed by atoms with Crippen LogP contribution in [-0.4, -0.2) is 111 Å². The van der Waals surface area contributed by atoms with Crippen LogP contribution >= 0.6 is 0 Å². The van der Waals surface area contributed by atoms with E-state index < -0.39 is 24.0 Å². The maximum atomic E-state index is 13.7. The number of piperazine rings is 1. The van der Waals surface area contributed by atoms with Gasteiger partial charge in [0.1, 0.15) is 11.9 Å². The first-order chi connectivity index (χ1) is 18.2. The second-order valence-electron chi connectivity index (χ2n) is 9.61. The maximum Gasteiger partial charge on any atom is 0.402 e. The molecule has 0 saturated carbocycles. The third-order valence-electron chi connectivity index (χ3n) is 7.32. The summed E-state index contributed by atoms with van der Waals surface area (Å²) in [7, 11) is 1.51. The molecule has 0 aromatic carbocycles. The normalized spacial score (nSPS) is 26.8. The Morgan fingerprint density at radius 3 is 2.66 bits per heavy atom. The summed E-state index contributed by atoms with van der Waals surface area (Å²) < 4.78 is 52.2. The molecule has 208 valence electrons. The van der Waals surface area contributed by atoms with Crippen molar-refractivity contribution in [1.82, 2.24) is 25.6 Å². The number of rotatable bonds is 8. The number of carbonyl (C=O) groups is 2. The molecule has 0 spiro atoms. The topological polar surface area (TPSA) is 123 Å². The van der Waals surface area contributed by atoms with E-state index in [1.54, 1.807) is 21.9 Å². The van der Waals surface area contributed by atoms with Gasteiger partial charge in [-0.25, -0.2) is 10.4 Å². The smallest absolute Gasteiger partial charge is 0.380 e. The van der Waals surface area contributed by atoms with Gasteiger partial charge in [0.15, 0.2) is 5.92 Å². The van der Waals surface area contributed by atoms with Gasteiger partial charge in [-0.15, -0.1) is 0 Å². The van der Waals surface area contributed by atoms with Gasteiger partial charge >= 0.3 is 6.18 Å². The fraction of sp³-hybridized carbons (Fsp3) is 0.667. The van der Waals surface area contributed by atoms with E-state index in [1.807, 2.05) is 6.07 Å². The Hall–Kier alpha value is -2.99. The molecule has 4 rings (SSSR count). The number of nitrogens with one attached hydrogen (secondary N) is 2. The Kier molecular flexibility index (Phi) is 9.03. The number of hydrogen-bond donors (Lipinski definition) is 2. The van der Waals surface area contributed by atoms with Crippen molar-refractivity contribution in [3.05, 3.63) is 23.9 Å². The average molecular weight is 540 g/mol. The molecule has 2 N–H and O–H groups in total. The highest BCUT2D eigenvalue weighted by Crippen LogP contribution is 2.35. The van der Waals surface area contributed by atoms with Crippen LogP contribution in [0.2, 0.25) is 0 Å². The summed E-state index contributed by atoms with van der Waals surface area (Å²) in [6.45, 7) is 2.77. The van der Waals surface area contributed by atoms with E-state index in [-0.39, 0.29) is 50.8 Å². The molecular weight excluding hydrogens is 507 g/mol. The number of alkyl halides is 3. The lowest BCUT2D eigenvalue weighted by atomic mass is 9.94. The molecule has 2 unspecified atom stereocenters. The zero-order valence-electron chi connectivity index (χ0n) is 21.1. The monoisotopic (exact) mass is 539 g/mol. The molecule has 0 radical (unpaired) electrons. The van der Waals surface area contributed by atoms with Crippen LogP contribution in [0.5, 0.6) is 0 Å². The third-order valence-corrected chi connectivity index (χ3v) is 7.32. The Balaban J connectivity index is 1.24. The molecule has 38 heavy (non-hydrogen) atoms. The van der Waals surface area contributed by atoms with Gasteiger partial charge in [-0.3, -0.25) is 19.9 Å². The lowest BCUT2D eigenvalue weighted by Crippen LogP contribution is -2.65. The fourth-order valence-electron chi connectivity index (χ4n) is 5.29. The van der Waals surface area contributed by atoms with Gasteiger partial charge < -0.3 is 19.3 Å². The van der Waals surface area contributed by atoms with Crippen molar-refractivity contribution in [3.63, 3.8) is 0 Å². The molecule has 3 saturated heterocycles. The summed E-state index contributed by atoms with van der Waals surface area (Å²) in [5.74, 6) is -2.55. The number of carbonyl (C=O) groups excluding carboxylic acids is 2. The van der Waals surface area contributed by atoms with Crippen LogP contribution in [0.15, 0.2) is 18.3 Å². The number of pyridine rings is 1. The molecule has 3 fully saturated rings. The van der Waals surface area contributed by atoms with Gasteiger partial charge in [0.2, 0.25) is 11.8 Å². The molecule has 2 amide bonds. The lowest BCUT2D eigenvalue weighted by molar-refractivity contribution is -0.202. The van der Waals surface area contributed by atoms with Crippen LogP contribution < -0.4 is 15.8 Å². The van der Waals surface area contributed by atoms with Gasteiger partial charge in [0.05, 0.1) is 31.3 Å². The van der Waals surface area contributed by atoms with Crippen molar-refractivity contribution >= 4 is 17.6 Å². The van der Waals surface area contributed by atoms with E-state index in [9.17, 15) is 22.8 Å². The highest BCUT2D eigenvalue weighted by atomic mass is 19.4. The first-order valence-electron chi connectivity index (χ1n) is 12.6. The van der Waals surface area contributed by atoms with Crippen molar-refractivity contribution in [3.8, 4) is 6.07 Å². The molecule has 0 aliphatic carbocycles. The Labute approximate surface area is 218 Å². The van der Waals surface area contributed by atoms with Gasteiger partial charge in [0.25, 0.3) is 0 Å². The number of hydrazine groups is 1. The standard InChI is InChI=1S/C24H32F3N7O4/c1-37-18-10-17(34(14-18)19-13-30-31-23(36)22(19)24(25,26)27)15-38-9-4-21(35)33-7-5-32(6-8-33)20-3-2-16(11-28)12-29-20/h2-3,12,17-19,22,30H,4-10,13-15H2,1H3,(H,31,36)/t17-,18-,19?,22?/m0/s1. The fourth-order valence-corrected chi connectivity index (χ4v) is 5.29. The third kappa shape index (κ3) is 6.52. The molecule has 4 atom stereocenters. The largest absolute Gasteiger partial charge is 0.402 e. The van der Waals surface area contributed by atoms with E-state index in [0.29, 0.717) is 38.2 Å². The first-order valence-corrected chi connectivity index (χ1v) is 12.6. The second kappa shape index (κ2) is 12.2. The molecular formula is C24H32F3N7O4. The predicted octanol–water partition coefficient (Wildman–Crippen LogP) is 0.279. The van der Waals surface area contributed by atoms with Crippen molar-refractivity contribution in [2.75, 3.05) is 64.5 Å². The number of ether oxygens (including phenoxy) is 2. The number of methoxy groups -OCH3 is 1. The maximum absolute atomic E-state index is 13.7. The zero-order chi connectivity index (χ0) is 27.3. The predicted molar refractivity (Wildman–Crippen MR) is 129 cm³/mol. The minimum atomic E-state index is -4.68. The summed E-state index contributed by atoms with van der Waals surface area (Å²) in [5.41, 5.74) is 5.14. The molecule has 3 aliphatic rings. The van der Waals surface area contributed by atoms with Crippen LogP contribution in [-0.2, 0) is 19.1 Å². The Morgan fingerprint density at radius 2 is 2.03 bits per heavy atom. The number of halogens is 3. The molecule has 4 heterocycles. The minimum absolute atomic E-state index is 0.0503. The van der Waals surface area contributed by atoms with Gasteiger partial charge in [-0.1, -0.05) is 0 Å². The number of nitriles is 1. The van der Waals surface area contributed by atoms with E-state index in [4.69, 9.17) is 14.7 Å². The summed E-state index contributed by atoms with van der Waals surface area (Å²) in [6, 6.07) is 4.08. The number of likely N-dealkylation sites (tertiary alicyclic amines) is 1. The quantitative estimate of drug-likeness (QED) is 0.449. The van der Waals surface area contributed by atoms with E-state index in [2.05, 4.69) is 20.7 Å². The molecule has 1 aromatic heterocycles. The van der Waals surface area contributed by atoms with Crippen LogP contribution in [0.4, 0.5) is 19.0 Å². The summed E-state index contributed by atoms with van der Waals surface area (Å²) in [6.07, 6.45) is -2.80. The van der Waals surface area contributed by atoms with Gasteiger partial charge in [-0.2, -0.15) is 18.4 Å². The van der Waals surface area contributed by atoms with Crippen LogP contribution in [0.1, 0.15) is 18.4 Å². The summed E-state index contributed by atoms with van der Waals surface area (Å²) in [5, 5.41) is 8.91. The number of amides is 2. The minimum Gasteiger partial charge on any atom is -0.380 e. The number of anilines is 1. The second-order valence-corrected chi connectivity index (χ2v) is 9.61. The van der Waals surface area contributed by atoms with Crippen LogP contribution in [0.3, 0.4) is 0 Å².